The van der Waals surface area contributed by atoms with Crippen molar-refractivity contribution in [1.82, 2.24) is 19.9 Å². The number of hydrogen-bond donors (Lipinski definition) is 2. The number of piperidine rings is 1. The number of amides is 1. The lowest BCUT2D eigenvalue weighted by Crippen LogP contribution is -2.46. The van der Waals surface area contributed by atoms with Gasteiger partial charge >= 0.3 is 0 Å². The first-order valence-electron chi connectivity index (χ1n) is 12.2. The summed E-state index contributed by atoms with van der Waals surface area (Å²) in [6.07, 6.45) is 1.95. The van der Waals surface area contributed by atoms with E-state index < -0.39 is 48.1 Å². The quantitative estimate of drug-likeness (QED) is 0.386. The fraction of sp³-hybridized carbons (Fsp3) is 0.462. The number of halogens is 4. The molecular weight excluding hydrogens is 522 g/mol. The summed E-state index contributed by atoms with van der Waals surface area (Å²) in [5.74, 6) is -4.96. The molecule has 3 heterocycles. The second kappa shape index (κ2) is 11.3. The minimum atomic E-state index is -3.74. The smallest absolute Gasteiger partial charge is 0.298 e. The number of rotatable bonds is 9. The maximum absolute atomic E-state index is 15.1. The number of carbonyl (C=O) groups excluding carboxylic acids is 1. The summed E-state index contributed by atoms with van der Waals surface area (Å²) in [4.78, 5) is 26.3. The van der Waals surface area contributed by atoms with E-state index >= 15 is 4.39 Å². The number of aliphatic hydroxyl groups excluding tert-OH is 1. The van der Waals surface area contributed by atoms with Crippen molar-refractivity contribution < 1.29 is 36.9 Å². The zero-order chi connectivity index (χ0) is 28.4. The molecule has 3 aromatic rings. The maximum atomic E-state index is 15.1. The minimum absolute atomic E-state index is 0.0488. The maximum Gasteiger partial charge on any atom is 0.298 e. The molecule has 1 saturated heterocycles. The SMILES string of the molecule is COc1nc2ncnc(N[C@H](C)c3cccc(C(F)(F)CO)c3F)c2cc1C1(OC)CCN(C(=O)CF)CC1. The van der Waals surface area contributed by atoms with Gasteiger partial charge in [-0.1, -0.05) is 12.1 Å². The van der Waals surface area contributed by atoms with Crippen LogP contribution in [0.25, 0.3) is 11.0 Å². The Morgan fingerprint density at radius 1 is 1.26 bits per heavy atom. The first-order valence-corrected chi connectivity index (χ1v) is 12.2. The summed E-state index contributed by atoms with van der Waals surface area (Å²) in [5, 5.41) is 12.5. The van der Waals surface area contributed by atoms with Crippen LogP contribution in [0.4, 0.5) is 23.4 Å². The monoisotopic (exact) mass is 551 g/mol. The molecule has 0 bridgehead atoms. The van der Waals surface area contributed by atoms with Crippen LogP contribution >= 0.6 is 0 Å². The average Bonchev–Trinajstić information content (AvgIpc) is 2.96. The zero-order valence-corrected chi connectivity index (χ0v) is 21.7. The number of anilines is 1. The number of aromatic nitrogens is 3. The van der Waals surface area contributed by atoms with E-state index in [1.165, 1.54) is 37.6 Å². The molecule has 2 N–H and O–H groups in total. The topological polar surface area (TPSA) is 110 Å². The predicted molar refractivity (Wildman–Crippen MR) is 134 cm³/mol. The number of nitrogens with one attached hydrogen (secondary N) is 1. The van der Waals surface area contributed by atoms with Crippen molar-refractivity contribution in [3.8, 4) is 5.88 Å². The Hall–Kier alpha value is -3.58. The summed E-state index contributed by atoms with van der Waals surface area (Å²) < 4.78 is 67.6. The highest BCUT2D eigenvalue weighted by molar-refractivity contribution is 5.87. The van der Waals surface area contributed by atoms with E-state index in [2.05, 4.69) is 20.3 Å². The van der Waals surface area contributed by atoms with Crippen molar-refractivity contribution in [2.24, 2.45) is 0 Å². The molecule has 1 fully saturated rings. The molecule has 13 heteroatoms. The lowest BCUT2D eigenvalue weighted by molar-refractivity contribution is -0.138. The molecule has 4 rings (SSSR count). The van der Waals surface area contributed by atoms with Gasteiger partial charge in [-0.2, -0.15) is 13.8 Å². The van der Waals surface area contributed by atoms with Crippen molar-refractivity contribution in [1.29, 1.82) is 0 Å². The van der Waals surface area contributed by atoms with Crippen LogP contribution in [0.2, 0.25) is 0 Å². The van der Waals surface area contributed by atoms with Crippen molar-refractivity contribution in [3.63, 3.8) is 0 Å². The number of hydrogen-bond acceptors (Lipinski definition) is 8. The van der Waals surface area contributed by atoms with E-state index in [1.807, 2.05) is 0 Å². The molecule has 9 nitrogen and oxygen atoms in total. The molecule has 1 atom stereocenters. The van der Waals surface area contributed by atoms with E-state index in [0.717, 1.165) is 6.07 Å². The molecule has 2 aromatic heterocycles. The van der Waals surface area contributed by atoms with Crippen molar-refractivity contribution >= 4 is 22.8 Å². The number of likely N-dealkylation sites (tertiary alicyclic amines) is 1. The zero-order valence-electron chi connectivity index (χ0n) is 21.7. The molecule has 1 aliphatic heterocycles. The van der Waals surface area contributed by atoms with Crippen LogP contribution in [0.1, 0.15) is 42.5 Å². The van der Waals surface area contributed by atoms with E-state index in [0.29, 0.717) is 23.8 Å². The van der Waals surface area contributed by atoms with Gasteiger partial charge in [-0.25, -0.2) is 18.7 Å². The number of nitrogens with zero attached hydrogens (tertiary/aromatic N) is 4. The highest BCUT2D eigenvalue weighted by Gasteiger charge is 2.41. The lowest BCUT2D eigenvalue weighted by Gasteiger charge is -2.41. The Morgan fingerprint density at radius 3 is 2.59 bits per heavy atom. The van der Waals surface area contributed by atoms with Gasteiger partial charge in [0.1, 0.15) is 30.2 Å². The van der Waals surface area contributed by atoms with Gasteiger partial charge in [0.2, 0.25) is 5.88 Å². The van der Waals surface area contributed by atoms with Gasteiger partial charge < -0.3 is 24.8 Å². The van der Waals surface area contributed by atoms with E-state index in [9.17, 15) is 18.0 Å². The number of methoxy groups -OCH3 is 2. The van der Waals surface area contributed by atoms with Crippen LogP contribution in [-0.4, -0.2) is 71.5 Å². The third-order valence-corrected chi connectivity index (χ3v) is 7.14. The van der Waals surface area contributed by atoms with Crippen LogP contribution in [0.15, 0.2) is 30.6 Å². The van der Waals surface area contributed by atoms with Crippen LogP contribution < -0.4 is 10.1 Å². The van der Waals surface area contributed by atoms with Crippen molar-refractivity contribution in [3.05, 3.63) is 53.1 Å². The number of alkyl halides is 3. The summed E-state index contributed by atoms with van der Waals surface area (Å²) in [6.45, 7) is -0.493. The molecule has 0 saturated carbocycles. The van der Waals surface area contributed by atoms with Crippen LogP contribution in [0.3, 0.4) is 0 Å². The van der Waals surface area contributed by atoms with Gasteiger partial charge in [-0.05, 0) is 31.9 Å². The second-order valence-electron chi connectivity index (χ2n) is 9.29. The lowest BCUT2D eigenvalue weighted by atomic mass is 9.84. The standard InChI is InChI=1S/C26H29F4N5O4/c1-15(16-5-4-6-18(21(16)28)26(29,30)13-36)33-22-17-11-19(24(38-2)34-23(17)32-14-31-22)25(39-3)7-9-35(10-8-25)20(37)12-27/h4-6,11,14-15,36H,7-10,12-13H2,1-3H3,(H,31,32,33,34)/t15-/m1/s1. The van der Waals surface area contributed by atoms with E-state index in [-0.39, 0.29) is 36.0 Å². The number of carbonyl (C=O) groups is 1. The summed E-state index contributed by atoms with van der Waals surface area (Å²) >= 11 is 0. The molecule has 0 aliphatic carbocycles. The highest BCUT2D eigenvalue weighted by Crippen LogP contribution is 2.42. The van der Waals surface area contributed by atoms with Crippen LogP contribution in [-0.2, 0) is 21.1 Å². The molecule has 39 heavy (non-hydrogen) atoms. The minimum Gasteiger partial charge on any atom is -0.481 e. The van der Waals surface area contributed by atoms with Gasteiger partial charge in [-0.3, -0.25) is 4.79 Å². The Morgan fingerprint density at radius 2 is 1.97 bits per heavy atom. The fourth-order valence-corrected chi connectivity index (χ4v) is 4.89. The molecule has 1 amide bonds. The third-order valence-electron chi connectivity index (χ3n) is 7.14. The Kier molecular flexibility index (Phi) is 8.21. The third kappa shape index (κ3) is 5.33. The molecule has 1 aromatic carbocycles. The second-order valence-corrected chi connectivity index (χ2v) is 9.29. The highest BCUT2D eigenvalue weighted by atomic mass is 19.3. The fourth-order valence-electron chi connectivity index (χ4n) is 4.89. The van der Waals surface area contributed by atoms with Crippen LogP contribution in [0.5, 0.6) is 5.88 Å². The number of fused-ring (bicyclic) bond motifs is 1. The molecule has 210 valence electrons. The largest absolute Gasteiger partial charge is 0.481 e. The van der Waals surface area contributed by atoms with E-state index in [4.69, 9.17) is 14.6 Å². The normalized spacial score (nSPS) is 16.3. The molecule has 0 spiro atoms. The summed E-state index contributed by atoms with van der Waals surface area (Å²) in [7, 11) is 2.97. The average molecular weight is 552 g/mol. The molecule has 0 radical (unpaired) electrons. The number of ether oxygens (including phenoxy) is 2. The molecule has 1 aliphatic rings. The van der Waals surface area contributed by atoms with Gasteiger partial charge in [0.15, 0.2) is 12.3 Å². The molecule has 0 unspecified atom stereocenters. The van der Waals surface area contributed by atoms with Gasteiger partial charge in [0.05, 0.1) is 24.1 Å². The van der Waals surface area contributed by atoms with Gasteiger partial charge in [0, 0.05) is 31.3 Å². The van der Waals surface area contributed by atoms with Gasteiger partial charge in [0.25, 0.3) is 11.8 Å². The Labute approximate surface area is 222 Å². The number of pyridine rings is 1. The predicted octanol–water partition coefficient (Wildman–Crippen LogP) is 3.86. The molecular formula is C26H29F4N5O4. The number of benzene rings is 1. The summed E-state index contributed by atoms with van der Waals surface area (Å²) in [6, 6.07) is 4.52. The summed E-state index contributed by atoms with van der Waals surface area (Å²) in [5.41, 5.74) is -1.04. The van der Waals surface area contributed by atoms with Crippen LogP contribution in [0, 0.1) is 5.82 Å². The first kappa shape index (κ1) is 28.4. The Bertz CT molecular complexity index is 1350. The number of aliphatic hydroxyl groups is 1. The van der Waals surface area contributed by atoms with Gasteiger partial charge in [-0.15, -0.1) is 0 Å². The first-order chi connectivity index (χ1) is 18.6. The van der Waals surface area contributed by atoms with Crippen molar-refractivity contribution in [2.75, 3.05) is 45.9 Å². The Balaban J connectivity index is 1.73. The van der Waals surface area contributed by atoms with Crippen molar-refractivity contribution in [2.45, 2.75) is 37.3 Å². The van der Waals surface area contributed by atoms with E-state index in [1.54, 1.807) is 13.0 Å².